The summed E-state index contributed by atoms with van der Waals surface area (Å²) in [5.41, 5.74) is 0. The third-order valence-corrected chi connectivity index (χ3v) is 18.0. The van der Waals surface area contributed by atoms with E-state index < -0.39 is 97.5 Å². The lowest BCUT2D eigenvalue weighted by Gasteiger charge is -2.21. The van der Waals surface area contributed by atoms with Gasteiger partial charge in [-0.15, -0.1) is 0 Å². The maximum atomic E-state index is 13.1. The second-order valence-electron chi connectivity index (χ2n) is 26.2. The minimum Gasteiger partial charge on any atom is -0.462 e. The number of hydrogen-bond donors (Lipinski definition) is 3. The first-order chi connectivity index (χ1) is 52.7. The summed E-state index contributed by atoms with van der Waals surface area (Å²) in [6, 6.07) is 0. The molecule has 0 spiro atoms. The number of unbranched alkanes of at least 4 members (excludes halogenated alkanes) is 16. The maximum absolute atomic E-state index is 13.1. The molecule has 0 bridgehead atoms. The molecule has 0 amide bonds. The summed E-state index contributed by atoms with van der Waals surface area (Å²) in [6.07, 6.45) is 97.3. The molecule has 0 rings (SSSR count). The smallest absolute Gasteiger partial charge is 0.462 e. The fourth-order valence-corrected chi connectivity index (χ4v) is 11.6. The van der Waals surface area contributed by atoms with Crippen LogP contribution in [0.25, 0.3) is 0 Å². The van der Waals surface area contributed by atoms with Crippen LogP contribution < -0.4 is 0 Å². The lowest BCUT2D eigenvalue weighted by Crippen LogP contribution is -2.30. The van der Waals surface area contributed by atoms with Crippen LogP contribution in [0.2, 0.25) is 0 Å². The molecule has 0 heterocycles. The Kier molecular flexibility index (Phi) is 74.5. The third-order valence-electron chi connectivity index (χ3n) is 16.1. The summed E-state index contributed by atoms with van der Waals surface area (Å²) in [5, 5.41) is 10.6. The van der Waals surface area contributed by atoms with Gasteiger partial charge >= 0.3 is 39.5 Å². The van der Waals surface area contributed by atoms with E-state index in [1.54, 1.807) is 0 Å². The van der Waals surface area contributed by atoms with Crippen molar-refractivity contribution in [3.63, 3.8) is 0 Å². The molecule has 0 aliphatic carbocycles. The van der Waals surface area contributed by atoms with Gasteiger partial charge in [-0.3, -0.25) is 37.3 Å². The number of ether oxygens (including phenoxy) is 4. The standard InChI is InChI=1S/C89H142O17P2/c1-5-9-13-17-21-25-29-32-35-38-41-44-47-50-54-57-61-65-69-73-86(91)99-79-84(105-88(93)75-71-67-63-59-53-28-24-20-16-12-8-4)81-103-107(95,96)101-77-83(90)78-102-108(97,98)104-82-85(106-89(94)76-72-68-64-60-56-52-49-46-43-40-37-34-31-27-23-19-15-11-7-3)80-100-87(92)74-70-66-62-58-55-51-48-45-42-39-36-33-30-26-22-18-14-10-6-2/h9-11,13-15,21-23,25-27,32-37,41-46,51-52,55-56,62,64,66,68,83-85,90H,5-8,12,16-20,24,28-31,38-40,47-50,53-54,57-61,63,65,67,69-82H2,1-4H3,(H,95,96)(H,97,98)/b13-9-,14-10-,15-11-,25-21-,26-22-,27-23-,35-32-,36-33-,37-34-,44-41-,45-42-,46-43-,55-51-,56-52-,66-62-,68-64-. The summed E-state index contributed by atoms with van der Waals surface area (Å²) in [5.74, 6) is -2.40. The van der Waals surface area contributed by atoms with Crippen molar-refractivity contribution in [3.8, 4) is 0 Å². The van der Waals surface area contributed by atoms with Crippen molar-refractivity contribution in [1.82, 2.24) is 0 Å². The van der Waals surface area contributed by atoms with Crippen molar-refractivity contribution >= 4 is 39.5 Å². The van der Waals surface area contributed by atoms with Crippen LogP contribution in [-0.4, -0.2) is 96.7 Å². The van der Waals surface area contributed by atoms with Gasteiger partial charge in [-0.25, -0.2) is 9.13 Å². The number of aliphatic hydroxyl groups is 1. The third kappa shape index (κ3) is 78.0. The van der Waals surface area contributed by atoms with Gasteiger partial charge in [0, 0.05) is 25.7 Å². The van der Waals surface area contributed by atoms with E-state index >= 15 is 0 Å². The van der Waals surface area contributed by atoms with Crippen LogP contribution in [0.4, 0.5) is 0 Å². The Morgan fingerprint density at radius 1 is 0.269 bits per heavy atom. The van der Waals surface area contributed by atoms with Crippen LogP contribution in [0.5, 0.6) is 0 Å². The van der Waals surface area contributed by atoms with Gasteiger partial charge in [0.05, 0.1) is 26.4 Å². The summed E-state index contributed by atoms with van der Waals surface area (Å²) in [7, 11) is -10.0. The average Bonchev–Trinajstić information content (AvgIpc) is 0.917. The monoisotopic (exact) mass is 1540 g/mol. The van der Waals surface area contributed by atoms with Gasteiger partial charge in [0.1, 0.15) is 19.3 Å². The molecule has 0 saturated heterocycles. The molecule has 0 aromatic rings. The van der Waals surface area contributed by atoms with Crippen LogP contribution in [0.3, 0.4) is 0 Å². The maximum Gasteiger partial charge on any atom is 0.472 e. The average molecular weight is 1550 g/mol. The van der Waals surface area contributed by atoms with E-state index in [9.17, 15) is 43.2 Å². The fraction of sp³-hybridized carbons (Fsp3) is 0.596. The number of aliphatic hydroxyl groups excluding tert-OH is 1. The predicted octanol–water partition coefficient (Wildman–Crippen LogP) is 24.1. The zero-order valence-corrected chi connectivity index (χ0v) is 68.5. The topological polar surface area (TPSA) is 237 Å². The normalized spacial score (nSPS) is 14.8. The van der Waals surface area contributed by atoms with Crippen molar-refractivity contribution in [2.24, 2.45) is 0 Å². The van der Waals surface area contributed by atoms with Crippen molar-refractivity contribution in [2.45, 2.75) is 303 Å². The predicted molar refractivity (Wildman–Crippen MR) is 445 cm³/mol. The van der Waals surface area contributed by atoms with E-state index in [1.165, 1.54) is 38.5 Å². The summed E-state index contributed by atoms with van der Waals surface area (Å²) >= 11 is 0. The van der Waals surface area contributed by atoms with E-state index in [0.717, 1.165) is 154 Å². The molecule has 3 N–H and O–H groups in total. The van der Waals surface area contributed by atoms with Crippen LogP contribution >= 0.6 is 15.6 Å². The quantitative estimate of drug-likeness (QED) is 0.0169. The van der Waals surface area contributed by atoms with Gasteiger partial charge in [0.25, 0.3) is 0 Å². The van der Waals surface area contributed by atoms with Gasteiger partial charge in [0.15, 0.2) is 12.2 Å². The minimum atomic E-state index is -5.03. The van der Waals surface area contributed by atoms with Crippen LogP contribution in [0.15, 0.2) is 194 Å². The lowest BCUT2D eigenvalue weighted by atomic mass is 10.1. The second kappa shape index (κ2) is 79.0. The van der Waals surface area contributed by atoms with E-state index in [4.69, 9.17) is 37.0 Å². The van der Waals surface area contributed by atoms with Gasteiger partial charge in [0.2, 0.25) is 0 Å². The zero-order chi connectivity index (χ0) is 78.9. The van der Waals surface area contributed by atoms with Crippen molar-refractivity contribution in [3.05, 3.63) is 194 Å². The van der Waals surface area contributed by atoms with Gasteiger partial charge in [-0.2, -0.15) is 0 Å². The Labute approximate surface area is 653 Å². The van der Waals surface area contributed by atoms with E-state index in [2.05, 4.69) is 186 Å². The van der Waals surface area contributed by atoms with Crippen LogP contribution in [0.1, 0.15) is 285 Å². The highest BCUT2D eigenvalue weighted by atomic mass is 31.2. The lowest BCUT2D eigenvalue weighted by molar-refractivity contribution is -0.161. The molecule has 0 aromatic heterocycles. The van der Waals surface area contributed by atoms with E-state index in [-0.39, 0.29) is 25.7 Å². The first kappa shape index (κ1) is 102. The molecule has 0 radical (unpaired) electrons. The van der Waals surface area contributed by atoms with Crippen molar-refractivity contribution in [2.75, 3.05) is 39.6 Å². The molecule has 0 aromatic carbocycles. The molecule has 0 aliphatic heterocycles. The number of phosphoric acid groups is 2. The Balaban J connectivity index is 5.50. The Morgan fingerprint density at radius 2 is 0.500 bits per heavy atom. The van der Waals surface area contributed by atoms with Gasteiger partial charge in [-0.1, -0.05) is 312 Å². The summed E-state index contributed by atoms with van der Waals surface area (Å²) in [4.78, 5) is 73.0. The Hall–Kier alpha value is -6.10. The Morgan fingerprint density at radius 3 is 0.815 bits per heavy atom. The Bertz CT molecular complexity index is 2810. The first-order valence-electron chi connectivity index (χ1n) is 40.7. The largest absolute Gasteiger partial charge is 0.472 e. The second-order valence-corrected chi connectivity index (χ2v) is 29.1. The zero-order valence-electron chi connectivity index (χ0n) is 66.7. The molecule has 0 fully saturated rings. The number of allylic oxidation sites excluding steroid dienone is 32. The fourth-order valence-electron chi connectivity index (χ4n) is 10.0. The summed E-state index contributed by atoms with van der Waals surface area (Å²) < 4.78 is 68.5. The molecular weight excluding hydrogens is 1400 g/mol. The van der Waals surface area contributed by atoms with Crippen LogP contribution in [0, 0.1) is 0 Å². The van der Waals surface area contributed by atoms with Crippen LogP contribution in [-0.2, 0) is 65.4 Å². The molecule has 0 saturated carbocycles. The van der Waals surface area contributed by atoms with E-state index in [1.807, 2.05) is 36.5 Å². The highest BCUT2D eigenvalue weighted by molar-refractivity contribution is 7.47. The minimum absolute atomic E-state index is 0.0127. The SMILES string of the molecule is CC/C=C\C/C=C\C/C=C\C/C=C\C/C=C\C/C=C\CCC(=O)OCC(COP(=O)(O)OCC(O)COP(=O)(O)OCC(COC(=O)CCCCCCCC/C=C\C/C=C\C/C=C\C/C=C\CC)OC(=O)CCCCCCCCCCCCC)OC(=O)CC/C=C\C/C=C\C/C=C\C/C=C\C/C=C\C/C=C\CC. The summed E-state index contributed by atoms with van der Waals surface area (Å²) in [6.45, 7) is 4.32. The van der Waals surface area contributed by atoms with Gasteiger partial charge < -0.3 is 33.8 Å². The molecule has 5 unspecified atom stereocenters. The molecular formula is C89H142O17P2. The highest BCUT2D eigenvalue weighted by Gasteiger charge is 2.30. The van der Waals surface area contributed by atoms with Gasteiger partial charge in [-0.05, 0) is 141 Å². The van der Waals surface area contributed by atoms with E-state index in [0.29, 0.717) is 38.5 Å². The molecule has 108 heavy (non-hydrogen) atoms. The first-order valence-corrected chi connectivity index (χ1v) is 43.7. The molecule has 5 atom stereocenters. The molecule has 17 nitrogen and oxygen atoms in total. The molecule has 610 valence electrons. The number of carbonyl (C=O) groups is 4. The van der Waals surface area contributed by atoms with Crippen molar-refractivity contribution in [1.29, 1.82) is 0 Å². The number of hydrogen-bond acceptors (Lipinski definition) is 15. The number of esters is 4. The number of carbonyl (C=O) groups excluding carboxylic acids is 4. The molecule has 19 heteroatoms. The van der Waals surface area contributed by atoms with Crippen molar-refractivity contribution < 1.29 is 80.2 Å². The number of rotatable bonds is 74. The molecule has 0 aliphatic rings. The number of phosphoric ester groups is 2. The highest BCUT2D eigenvalue weighted by Crippen LogP contribution is 2.45.